The lowest BCUT2D eigenvalue weighted by atomic mass is 9.82. The van der Waals surface area contributed by atoms with Crippen LogP contribution < -0.4 is 0 Å². The van der Waals surface area contributed by atoms with Crippen LogP contribution in [-0.4, -0.2) is 0 Å². The van der Waals surface area contributed by atoms with E-state index >= 15 is 0 Å². The molecule has 0 saturated carbocycles. The highest BCUT2D eigenvalue weighted by atomic mass is 35.5. The van der Waals surface area contributed by atoms with Gasteiger partial charge >= 0.3 is 0 Å². The van der Waals surface area contributed by atoms with E-state index in [2.05, 4.69) is 31.2 Å². The van der Waals surface area contributed by atoms with Gasteiger partial charge in [-0.25, -0.2) is 0 Å². The maximum Gasteiger partial charge on any atom is 0.0406 e. The van der Waals surface area contributed by atoms with Crippen molar-refractivity contribution in [2.75, 3.05) is 0 Å². The van der Waals surface area contributed by atoms with Crippen LogP contribution in [0.2, 0.25) is 5.02 Å². The first-order valence-electron chi connectivity index (χ1n) is 4.64. The van der Waals surface area contributed by atoms with Crippen molar-refractivity contribution in [3.63, 3.8) is 0 Å². The van der Waals surface area contributed by atoms with Gasteiger partial charge < -0.3 is 0 Å². The topological polar surface area (TPSA) is 0 Å². The molecular formula is C12H13Cl. The van der Waals surface area contributed by atoms with Gasteiger partial charge in [-0.3, -0.25) is 0 Å². The van der Waals surface area contributed by atoms with Crippen LogP contribution in [-0.2, 0) is 5.41 Å². The SMILES string of the molecule is CC1(c2ccc(Cl)cc2)C=CCC1. The van der Waals surface area contributed by atoms with Gasteiger partial charge in [-0.15, -0.1) is 0 Å². The average Bonchev–Trinajstić information content (AvgIpc) is 2.54. The highest BCUT2D eigenvalue weighted by Crippen LogP contribution is 2.35. The van der Waals surface area contributed by atoms with Gasteiger partial charge in [-0.05, 0) is 30.5 Å². The van der Waals surface area contributed by atoms with E-state index in [0.717, 1.165) is 5.02 Å². The van der Waals surface area contributed by atoms with Crippen LogP contribution in [0.1, 0.15) is 25.3 Å². The highest BCUT2D eigenvalue weighted by Gasteiger charge is 2.25. The van der Waals surface area contributed by atoms with Gasteiger partial charge in [0, 0.05) is 10.4 Å². The summed E-state index contributed by atoms with van der Waals surface area (Å²) in [5, 5.41) is 0.814. The molecule has 1 aromatic rings. The Morgan fingerprint density at radius 3 is 2.46 bits per heavy atom. The van der Waals surface area contributed by atoms with E-state index in [1.807, 2.05) is 12.1 Å². The molecule has 0 bridgehead atoms. The largest absolute Gasteiger partial charge is 0.0876 e. The van der Waals surface area contributed by atoms with Gasteiger partial charge in [0.25, 0.3) is 0 Å². The van der Waals surface area contributed by atoms with Crippen LogP contribution >= 0.6 is 11.6 Å². The predicted octanol–water partition coefficient (Wildman–Crippen LogP) is 3.95. The van der Waals surface area contributed by atoms with Crippen molar-refractivity contribution < 1.29 is 0 Å². The molecule has 1 aliphatic rings. The van der Waals surface area contributed by atoms with Crippen LogP contribution in [0, 0.1) is 0 Å². The average molecular weight is 193 g/mol. The van der Waals surface area contributed by atoms with Crippen molar-refractivity contribution in [3.05, 3.63) is 47.0 Å². The van der Waals surface area contributed by atoms with Crippen molar-refractivity contribution in [1.29, 1.82) is 0 Å². The summed E-state index contributed by atoms with van der Waals surface area (Å²) in [6.45, 7) is 2.28. The third-order valence-electron chi connectivity index (χ3n) is 2.82. The molecule has 0 N–H and O–H groups in total. The molecular weight excluding hydrogens is 180 g/mol. The fourth-order valence-electron chi connectivity index (χ4n) is 1.88. The standard InChI is InChI=1S/C12H13Cl/c1-12(8-2-3-9-12)10-4-6-11(13)7-5-10/h2,4-8H,3,9H2,1H3. The smallest absolute Gasteiger partial charge is 0.0406 e. The molecule has 0 heterocycles. The maximum atomic E-state index is 5.85. The van der Waals surface area contributed by atoms with Crippen molar-refractivity contribution in [2.24, 2.45) is 0 Å². The first-order chi connectivity index (χ1) is 6.21. The van der Waals surface area contributed by atoms with Crippen LogP contribution in [0.15, 0.2) is 36.4 Å². The molecule has 1 unspecified atom stereocenters. The van der Waals surface area contributed by atoms with E-state index in [-0.39, 0.29) is 5.41 Å². The normalized spacial score (nSPS) is 26.6. The summed E-state index contributed by atoms with van der Waals surface area (Å²) in [6, 6.07) is 8.18. The molecule has 1 heteroatoms. The minimum atomic E-state index is 0.241. The van der Waals surface area contributed by atoms with Crippen LogP contribution in [0.25, 0.3) is 0 Å². The van der Waals surface area contributed by atoms with E-state index in [9.17, 15) is 0 Å². The molecule has 0 amide bonds. The molecule has 13 heavy (non-hydrogen) atoms. The molecule has 0 aromatic heterocycles. The highest BCUT2D eigenvalue weighted by molar-refractivity contribution is 6.30. The van der Waals surface area contributed by atoms with Crippen LogP contribution in [0.3, 0.4) is 0 Å². The molecule has 0 radical (unpaired) electrons. The second kappa shape index (κ2) is 3.19. The minimum absolute atomic E-state index is 0.241. The Kier molecular flexibility index (Phi) is 2.17. The molecule has 1 aliphatic carbocycles. The molecule has 68 valence electrons. The number of benzene rings is 1. The Hall–Kier alpha value is -0.750. The lowest BCUT2D eigenvalue weighted by molar-refractivity contribution is 0.579. The zero-order chi connectivity index (χ0) is 9.31. The molecule has 2 rings (SSSR count). The Morgan fingerprint density at radius 1 is 1.23 bits per heavy atom. The lowest BCUT2D eigenvalue weighted by Gasteiger charge is -2.22. The summed E-state index contributed by atoms with van der Waals surface area (Å²) < 4.78 is 0. The number of halogens is 1. The third kappa shape index (κ3) is 1.64. The zero-order valence-corrected chi connectivity index (χ0v) is 8.51. The first kappa shape index (κ1) is 8.83. The summed E-state index contributed by atoms with van der Waals surface area (Å²) in [7, 11) is 0. The predicted molar refractivity (Wildman–Crippen MR) is 57.2 cm³/mol. The summed E-state index contributed by atoms with van der Waals surface area (Å²) in [4.78, 5) is 0. The molecule has 1 aromatic carbocycles. The number of rotatable bonds is 1. The van der Waals surface area contributed by atoms with E-state index in [1.54, 1.807) is 0 Å². The second-order valence-corrected chi connectivity index (χ2v) is 4.30. The maximum absolute atomic E-state index is 5.85. The first-order valence-corrected chi connectivity index (χ1v) is 5.02. The van der Waals surface area contributed by atoms with Crippen molar-refractivity contribution in [2.45, 2.75) is 25.2 Å². The monoisotopic (exact) mass is 192 g/mol. The molecule has 0 nitrogen and oxygen atoms in total. The summed E-state index contributed by atoms with van der Waals surface area (Å²) >= 11 is 5.85. The van der Waals surface area contributed by atoms with E-state index < -0.39 is 0 Å². The van der Waals surface area contributed by atoms with Gasteiger partial charge in [0.15, 0.2) is 0 Å². The fourth-order valence-corrected chi connectivity index (χ4v) is 2.01. The molecule has 0 spiro atoms. The fraction of sp³-hybridized carbons (Fsp3) is 0.333. The Bertz CT molecular complexity index is 323. The van der Waals surface area contributed by atoms with Gasteiger partial charge in [0.2, 0.25) is 0 Å². The van der Waals surface area contributed by atoms with E-state index in [0.29, 0.717) is 0 Å². The Morgan fingerprint density at radius 2 is 1.92 bits per heavy atom. The Balaban J connectivity index is 2.35. The van der Waals surface area contributed by atoms with Crippen molar-refractivity contribution in [3.8, 4) is 0 Å². The molecule has 0 saturated heterocycles. The second-order valence-electron chi connectivity index (χ2n) is 3.87. The van der Waals surface area contributed by atoms with Gasteiger partial charge in [0.1, 0.15) is 0 Å². The number of hydrogen-bond donors (Lipinski definition) is 0. The quantitative estimate of drug-likeness (QED) is 0.592. The van der Waals surface area contributed by atoms with E-state index in [4.69, 9.17) is 11.6 Å². The Labute approximate surface area is 84.2 Å². The summed E-state index contributed by atoms with van der Waals surface area (Å²) in [6.07, 6.45) is 6.97. The van der Waals surface area contributed by atoms with Crippen molar-refractivity contribution in [1.82, 2.24) is 0 Å². The van der Waals surface area contributed by atoms with Gasteiger partial charge in [-0.2, -0.15) is 0 Å². The van der Waals surface area contributed by atoms with E-state index in [1.165, 1.54) is 18.4 Å². The lowest BCUT2D eigenvalue weighted by Crippen LogP contribution is -2.14. The van der Waals surface area contributed by atoms with Gasteiger partial charge in [-0.1, -0.05) is 42.8 Å². The zero-order valence-electron chi connectivity index (χ0n) is 7.76. The number of allylic oxidation sites excluding steroid dienone is 2. The minimum Gasteiger partial charge on any atom is -0.0876 e. The summed E-state index contributed by atoms with van der Waals surface area (Å²) in [5.41, 5.74) is 1.61. The van der Waals surface area contributed by atoms with Crippen LogP contribution in [0.5, 0.6) is 0 Å². The molecule has 1 atom stereocenters. The molecule has 0 fully saturated rings. The molecule has 0 aliphatic heterocycles. The third-order valence-corrected chi connectivity index (χ3v) is 3.07. The summed E-state index contributed by atoms with van der Waals surface area (Å²) in [5.74, 6) is 0. The number of hydrogen-bond acceptors (Lipinski definition) is 0. The van der Waals surface area contributed by atoms with Crippen LogP contribution in [0.4, 0.5) is 0 Å². The van der Waals surface area contributed by atoms with Crippen molar-refractivity contribution >= 4 is 11.6 Å². The van der Waals surface area contributed by atoms with Gasteiger partial charge in [0.05, 0.1) is 0 Å².